The van der Waals surface area contributed by atoms with Crippen LogP contribution in [0, 0.1) is 0 Å². The first-order valence-electron chi connectivity index (χ1n) is 6.87. The summed E-state index contributed by atoms with van der Waals surface area (Å²) in [5.74, 6) is -0.492. The molecule has 0 aliphatic rings. The lowest BCUT2D eigenvalue weighted by molar-refractivity contribution is 0.100. The van der Waals surface area contributed by atoms with Crippen LogP contribution in [0.4, 0.5) is 5.69 Å². The molecule has 24 heavy (non-hydrogen) atoms. The quantitative estimate of drug-likeness (QED) is 0.694. The number of hydrogen-bond acceptors (Lipinski definition) is 4. The minimum Gasteiger partial charge on any atom is -0.365 e. The van der Waals surface area contributed by atoms with Gasteiger partial charge in [-0.2, -0.15) is 0 Å². The number of fused-ring (bicyclic) bond motifs is 1. The van der Waals surface area contributed by atoms with E-state index >= 15 is 0 Å². The van der Waals surface area contributed by atoms with Crippen LogP contribution in [0.25, 0.3) is 10.1 Å². The Hall–Kier alpha value is -1.90. The topological polar surface area (TPSA) is 80.5 Å². The molecular weight excluding hydrogens is 412 g/mol. The van der Waals surface area contributed by atoms with Crippen LogP contribution in [0.15, 0.2) is 57.9 Å². The zero-order chi connectivity index (χ0) is 17.5. The van der Waals surface area contributed by atoms with Gasteiger partial charge in [-0.3, -0.25) is 9.10 Å². The molecule has 8 heteroatoms. The molecule has 0 unspecified atom stereocenters. The molecule has 3 rings (SSSR count). The van der Waals surface area contributed by atoms with Crippen LogP contribution in [0.5, 0.6) is 0 Å². The van der Waals surface area contributed by atoms with Gasteiger partial charge in [0.05, 0.1) is 15.5 Å². The Morgan fingerprint density at radius 2 is 1.79 bits per heavy atom. The number of primary amides is 1. The fourth-order valence-corrected chi connectivity index (χ4v) is 4.60. The number of thiophene rings is 1. The Bertz CT molecular complexity index is 1030. The highest BCUT2D eigenvalue weighted by Gasteiger charge is 2.21. The first kappa shape index (κ1) is 16.9. The van der Waals surface area contributed by atoms with Gasteiger partial charge in [0.2, 0.25) is 0 Å². The summed E-state index contributed by atoms with van der Waals surface area (Å²) in [7, 11) is -2.16. The van der Waals surface area contributed by atoms with E-state index in [0.717, 1.165) is 14.6 Å². The van der Waals surface area contributed by atoms with Crippen molar-refractivity contribution in [1.82, 2.24) is 0 Å². The maximum absolute atomic E-state index is 12.7. The summed E-state index contributed by atoms with van der Waals surface area (Å²) >= 11 is 4.57. The molecule has 0 fully saturated rings. The zero-order valence-corrected chi connectivity index (χ0v) is 15.8. The van der Waals surface area contributed by atoms with Crippen LogP contribution in [0.1, 0.15) is 9.67 Å². The average molecular weight is 425 g/mol. The minimum absolute atomic E-state index is 0.205. The summed E-state index contributed by atoms with van der Waals surface area (Å²) in [5, 5.41) is 0.782. The van der Waals surface area contributed by atoms with Crippen molar-refractivity contribution in [2.24, 2.45) is 5.73 Å². The molecule has 0 saturated carbocycles. The van der Waals surface area contributed by atoms with E-state index in [0.29, 0.717) is 10.6 Å². The van der Waals surface area contributed by atoms with Crippen LogP contribution < -0.4 is 10.0 Å². The molecule has 0 bridgehead atoms. The average Bonchev–Trinajstić information content (AvgIpc) is 2.98. The highest BCUT2D eigenvalue weighted by atomic mass is 79.9. The zero-order valence-electron chi connectivity index (χ0n) is 12.6. The van der Waals surface area contributed by atoms with Gasteiger partial charge in [-0.05, 0) is 53.9 Å². The number of carbonyl (C=O) groups excluding carboxylic acids is 1. The molecule has 0 saturated heterocycles. The Balaban J connectivity index is 2.02. The number of hydrogen-bond donors (Lipinski definition) is 1. The Labute approximate surface area is 151 Å². The van der Waals surface area contributed by atoms with E-state index in [-0.39, 0.29) is 4.90 Å². The van der Waals surface area contributed by atoms with Gasteiger partial charge in [0.15, 0.2) is 0 Å². The summed E-state index contributed by atoms with van der Waals surface area (Å²) in [6.07, 6.45) is 0. The highest BCUT2D eigenvalue weighted by Crippen LogP contribution is 2.31. The van der Waals surface area contributed by atoms with Gasteiger partial charge in [-0.1, -0.05) is 15.9 Å². The van der Waals surface area contributed by atoms with Crippen LogP contribution in [-0.4, -0.2) is 21.4 Å². The maximum Gasteiger partial charge on any atom is 0.264 e. The van der Waals surface area contributed by atoms with Gasteiger partial charge < -0.3 is 5.73 Å². The molecule has 2 aromatic carbocycles. The first-order valence-corrected chi connectivity index (χ1v) is 9.92. The van der Waals surface area contributed by atoms with Crippen molar-refractivity contribution in [1.29, 1.82) is 0 Å². The van der Waals surface area contributed by atoms with Crippen LogP contribution >= 0.6 is 27.3 Å². The van der Waals surface area contributed by atoms with Gasteiger partial charge in [0, 0.05) is 16.2 Å². The molecule has 1 aromatic heterocycles. The number of nitrogens with zero attached hydrogens (tertiary/aromatic N) is 1. The highest BCUT2D eigenvalue weighted by molar-refractivity contribution is 9.10. The van der Waals surface area contributed by atoms with Gasteiger partial charge in [0.1, 0.15) is 0 Å². The number of anilines is 1. The monoisotopic (exact) mass is 424 g/mol. The second-order valence-electron chi connectivity index (χ2n) is 5.12. The van der Waals surface area contributed by atoms with Crippen molar-refractivity contribution in [3.05, 3.63) is 57.9 Å². The standard InChI is InChI=1S/C16H13BrN2O3S2/c1-19(24(21,22)13-5-2-11(17)3-6-13)12-4-7-14-10(8-12)9-15(23-14)16(18)20/h2-9H,1H3,(H2,18,20). The number of halogens is 1. The predicted molar refractivity (Wildman–Crippen MR) is 100 cm³/mol. The summed E-state index contributed by atoms with van der Waals surface area (Å²) in [5.41, 5.74) is 5.81. The molecule has 2 N–H and O–H groups in total. The number of sulfonamides is 1. The molecule has 0 aliphatic carbocycles. The predicted octanol–water partition coefficient (Wildman–Crippen LogP) is 3.59. The minimum atomic E-state index is -3.66. The third-order valence-corrected chi connectivity index (χ3v) is 7.04. The molecule has 5 nitrogen and oxygen atoms in total. The molecule has 1 amide bonds. The van der Waals surface area contributed by atoms with Crippen molar-refractivity contribution >= 4 is 59.0 Å². The van der Waals surface area contributed by atoms with Crippen LogP contribution in [0.3, 0.4) is 0 Å². The number of benzene rings is 2. The second-order valence-corrected chi connectivity index (χ2v) is 9.09. The SMILES string of the molecule is CN(c1ccc2sc(C(N)=O)cc2c1)S(=O)(=O)c1ccc(Br)cc1. The third-order valence-electron chi connectivity index (χ3n) is 3.58. The van der Waals surface area contributed by atoms with Crippen molar-refractivity contribution < 1.29 is 13.2 Å². The normalized spacial score (nSPS) is 11.6. The molecule has 3 aromatic rings. The molecule has 0 spiro atoms. The van der Waals surface area contributed by atoms with Crippen molar-refractivity contribution in [3.63, 3.8) is 0 Å². The molecule has 0 atom stereocenters. The third kappa shape index (κ3) is 3.04. The maximum atomic E-state index is 12.7. The number of amides is 1. The van der Waals surface area contributed by atoms with E-state index in [1.165, 1.54) is 22.7 Å². The largest absolute Gasteiger partial charge is 0.365 e. The smallest absolute Gasteiger partial charge is 0.264 e. The van der Waals surface area contributed by atoms with E-state index in [4.69, 9.17) is 5.73 Å². The summed E-state index contributed by atoms with van der Waals surface area (Å²) < 4.78 is 28.4. The van der Waals surface area contributed by atoms with Gasteiger partial charge >= 0.3 is 0 Å². The Kier molecular flexibility index (Phi) is 4.37. The fraction of sp³-hybridized carbons (Fsp3) is 0.0625. The molecular formula is C16H13BrN2O3S2. The van der Waals surface area contributed by atoms with Gasteiger partial charge in [-0.15, -0.1) is 11.3 Å². The number of rotatable bonds is 4. The van der Waals surface area contributed by atoms with Crippen LogP contribution in [0.2, 0.25) is 0 Å². The summed E-state index contributed by atoms with van der Waals surface area (Å²) in [4.78, 5) is 11.9. The Morgan fingerprint density at radius 3 is 2.42 bits per heavy atom. The molecule has 124 valence electrons. The van der Waals surface area contributed by atoms with Gasteiger partial charge in [0.25, 0.3) is 15.9 Å². The van der Waals surface area contributed by atoms with Crippen molar-refractivity contribution in [3.8, 4) is 0 Å². The molecule has 1 heterocycles. The van der Waals surface area contributed by atoms with E-state index in [9.17, 15) is 13.2 Å². The number of nitrogens with two attached hydrogens (primary N) is 1. The molecule has 0 aliphatic heterocycles. The Morgan fingerprint density at radius 1 is 1.12 bits per heavy atom. The van der Waals surface area contributed by atoms with E-state index in [1.54, 1.807) is 48.5 Å². The second kappa shape index (κ2) is 6.19. The van der Waals surface area contributed by atoms with E-state index in [1.807, 2.05) is 0 Å². The molecule has 0 radical (unpaired) electrons. The summed E-state index contributed by atoms with van der Waals surface area (Å²) in [6.45, 7) is 0. The van der Waals surface area contributed by atoms with Gasteiger partial charge in [-0.25, -0.2) is 8.42 Å². The van der Waals surface area contributed by atoms with E-state index in [2.05, 4.69) is 15.9 Å². The van der Waals surface area contributed by atoms with Crippen LogP contribution in [-0.2, 0) is 10.0 Å². The van der Waals surface area contributed by atoms with E-state index < -0.39 is 15.9 Å². The first-order chi connectivity index (χ1) is 11.3. The summed E-state index contributed by atoms with van der Waals surface area (Å²) in [6, 6.07) is 13.4. The number of carbonyl (C=O) groups is 1. The fourth-order valence-electron chi connectivity index (χ4n) is 2.25. The van der Waals surface area contributed by atoms with Crippen molar-refractivity contribution in [2.75, 3.05) is 11.4 Å². The lowest BCUT2D eigenvalue weighted by atomic mass is 10.2. The lowest BCUT2D eigenvalue weighted by Crippen LogP contribution is -2.26. The lowest BCUT2D eigenvalue weighted by Gasteiger charge is -2.19. The van der Waals surface area contributed by atoms with Crippen molar-refractivity contribution in [2.45, 2.75) is 4.90 Å².